The van der Waals surface area contributed by atoms with Gasteiger partial charge >= 0.3 is 0 Å². The Morgan fingerprint density at radius 1 is 1.47 bits per heavy atom. The fraction of sp³-hybridized carbons (Fsp3) is 0.929. The Morgan fingerprint density at radius 2 is 2.26 bits per heavy atom. The van der Waals surface area contributed by atoms with E-state index in [1.165, 1.54) is 0 Å². The summed E-state index contributed by atoms with van der Waals surface area (Å²) in [5.41, 5.74) is 0. The summed E-state index contributed by atoms with van der Waals surface area (Å²) in [5.74, 6) is 0.793. The fourth-order valence-electron chi connectivity index (χ4n) is 2.09. The number of rotatable bonds is 8. The van der Waals surface area contributed by atoms with Crippen LogP contribution in [0.25, 0.3) is 0 Å². The molecule has 112 valence electrons. The number of morpholine rings is 1. The van der Waals surface area contributed by atoms with Crippen molar-refractivity contribution in [1.29, 1.82) is 0 Å². The fourth-order valence-corrected chi connectivity index (χ4v) is 2.09. The molecule has 0 bridgehead atoms. The van der Waals surface area contributed by atoms with Crippen molar-refractivity contribution in [3.63, 3.8) is 0 Å². The van der Waals surface area contributed by atoms with Crippen LogP contribution in [0.3, 0.4) is 0 Å². The molecule has 0 aromatic heterocycles. The van der Waals surface area contributed by atoms with E-state index in [9.17, 15) is 4.79 Å². The number of amides is 1. The van der Waals surface area contributed by atoms with Crippen LogP contribution < -0.4 is 10.6 Å². The number of hydrogen-bond acceptors (Lipinski definition) is 4. The molecule has 1 heterocycles. The molecule has 5 heteroatoms. The van der Waals surface area contributed by atoms with Crippen molar-refractivity contribution >= 4 is 5.91 Å². The molecule has 0 aromatic rings. The van der Waals surface area contributed by atoms with Gasteiger partial charge in [0.1, 0.15) is 0 Å². The van der Waals surface area contributed by atoms with E-state index >= 15 is 0 Å². The van der Waals surface area contributed by atoms with Crippen molar-refractivity contribution in [3.05, 3.63) is 0 Å². The van der Waals surface area contributed by atoms with Crippen LogP contribution in [0.4, 0.5) is 0 Å². The van der Waals surface area contributed by atoms with Crippen LogP contribution in [0.1, 0.15) is 27.2 Å². The molecule has 19 heavy (non-hydrogen) atoms. The lowest BCUT2D eigenvalue weighted by molar-refractivity contribution is -0.122. The number of hydrogen-bond donors (Lipinski definition) is 2. The van der Waals surface area contributed by atoms with Gasteiger partial charge in [-0.15, -0.1) is 0 Å². The molecule has 0 aromatic carbocycles. The summed E-state index contributed by atoms with van der Waals surface area (Å²) in [5, 5.41) is 6.35. The Bertz CT molecular complexity index is 259. The third-order valence-electron chi connectivity index (χ3n) is 3.23. The van der Waals surface area contributed by atoms with E-state index in [2.05, 4.69) is 29.4 Å². The monoisotopic (exact) mass is 271 g/mol. The van der Waals surface area contributed by atoms with Gasteiger partial charge in [-0.05, 0) is 12.5 Å². The largest absolute Gasteiger partial charge is 0.374 e. The van der Waals surface area contributed by atoms with Crippen LogP contribution in [0.15, 0.2) is 0 Å². The average Bonchev–Trinajstić information content (AvgIpc) is 2.41. The smallest absolute Gasteiger partial charge is 0.219 e. The normalized spacial score (nSPS) is 20.7. The standard InChI is InChI=1S/C14H29N3O2/c1-4-14(18)16-10-13-11-17(7-8-19-13)6-5-15-9-12(2)3/h12-13,15H,4-11H2,1-3H3,(H,16,18). The lowest BCUT2D eigenvalue weighted by Crippen LogP contribution is -2.49. The SMILES string of the molecule is CCC(=O)NCC1CN(CCNCC(C)C)CCO1. The molecule has 1 saturated heterocycles. The van der Waals surface area contributed by atoms with Crippen LogP contribution >= 0.6 is 0 Å². The summed E-state index contributed by atoms with van der Waals surface area (Å²) in [4.78, 5) is 13.6. The highest BCUT2D eigenvalue weighted by Crippen LogP contribution is 2.03. The van der Waals surface area contributed by atoms with E-state index < -0.39 is 0 Å². The number of nitrogens with one attached hydrogen (secondary N) is 2. The first-order valence-electron chi connectivity index (χ1n) is 7.43. The van der Waals surface area contributed by atoms with Gasteiger partial charge < -0.3 is 15.4 Å². The number of nitrogens with zero attached hydrogens (tertiary/aromatic N) is 1. The van der Waals surface area contributed by atoms with Crippen molar-refractivity contribution in [2.24, 2.45) is 5.92 Å². The van der Waals surface area contributed by atoms with Crippen molar-refractivity contribution in [1.82, 2.24) is 15.5 Å². The maximum Gasteiger partial charge on any atom is 0.219 e. The van der Waals surface area contributed by atoms with Crippen molar-refractivity contribution in [2.75, 3.05) is 45.9 Å². The molecule has 5 nitrogen and oxygen atoms in total. The topological polar surface area (TPSA) is 53.6 Å². The molecule has 1 fully saturated rings. The number of ether oxygens (including phenoxy) is 1. The molecule has 1 unspecified atom stereocenters. The van der Waals surface area contributed by atoms with Gasteiger partial charge in [0.25, 0.3) is 0 Å². The van der Waals surface area contributed by atoms with Gasteiger partial charge in [-0.25, -0.2) is 0 Å². The molecule has 0 saturated carbocycles. The van der Waals surface area contributed by atoms with Gasteiger partial charge in [0.15, 0.2) is 0 Å². The molecular weight excluding hydrogens is 242 g/mol. The Balaban J connectivity index is 2.13. The van der Waals surface area contributed by atoms with E-state index in [0.717, 1.165) is 39.3 Å². The van der Waals surface area contributed by atoms with Gasteiger partial charge in [0.2, 0.25) is 5.91 Å². The van der Waals surface area contributed by atoms with Gasteiger partial charge in [0, 0.05) is 39.1 Å². The predicted octanol–water partition coefficient (Wildman–Crippen LogP) is 0.459. The highest BCUT2D eigenvalue weighted by Gasteiger charge is 2.20. The third-order valence-corrected chi connectivity index (χ3v) is 3.23. The van der Waals surface area contributed by atoms with E-state index in [4.69, 9.17) is 4.74 Å². The van der Waals surface area contributed by atoms with E-state index in [-0.39, 0.29) is 12.0 Å². The van der Waals surface area contributed by atoms with Crippen molar-refractivity contribution < 1.29 is 9.53 Å². The first-order valence-corrected chi connectivity index (χ1v) is 7.43. The summed E-state index contributed by atoms with van der Waals surface area (Å²) >= 11 is 0. The molecule has 1 amide bonds. The van der Waals surface area contributed by atoms with Gasteiger partial charge in [-0.3, -0.25) is 9.69 Å². The molecule has 0 radical (unpaired) electrons. The molecular formula is C14H29N3O2. The Hall–Kier alpha value is -0.650. The predicted molar refractivity (Wildman–Crippen MR) is 77.2 cm³/mol. The zero-order chi connectivity index (χ0) is 14.1. The van der Waals surface area contributed by atoms with Crippen LogP contribution in [-0.2, 0) is 9.53 Å². The van der Waals surface area contributed by atoms with Crippen LogP contribution in [-0.4, -0.2) is 62.8 Å². The maximum atomic E-state index is 11.2. The zero-order valence-electron chi connectivity index (χ0n) is 12.6. The summed E-state index contributed by atoms with van der Waals surface area (Å²) < 4.78 is 5.67. The third kappa shape index (κ3) is 7.50. The maximum absolute atomic E-state index is 11.2. The van der Waals surface area contributed by atoms with E-state index in [0.29, 0.717) is 18.9 Å². The van der Waals surface area contributed by atoms with Crippen molar-refractivity contribution in [2.45, 2.75) is 33.3 Å². The highest BCUT2D eigenvalue weighted by molar-refractivity contribution is 5.75. The quantitative estimate of drug-likeness (QED) is 0.630. The average molecular weight is 271 g/mol. The molecule has 1 aliphatic heterocycles. The van der Waals surface area contributed by atoms with Crippen LogP contribution in [0.5, 0.6) is 0 Å². The molecule has 2 N–H and O–H groups in total. The summed E-state index contributed by atoms with van der Waals surface area (Å²) in [7, 11) is 0. The van der Waals surface area contributed by atoms with Crippen molar-refractivity contribution in [3.8, 4) is 0 Å². The molecule has 0 spiro atoms. The number of carbonyl (C=O) groups excluding carboxylic acids is 1. The van der Waals surface area contributed by atoms with Gasteiger partial charge in [-0.2, -0.15) is 0 Å². The minimum Gasteiger partial charge on any atom is -0.374 e. The molecule has 1 atom stereocenters. The molecule has 0 aliphatic carbocycles. The van der Waals surface area contributed by atoms with E-state index in [1.807, 2.05) is 6.92 Å². The Kier molecular flexibility index (Phi) is 8.02. The minimum atomic E-state index is 0.0966. The first kappa shape index (κ1) is 16.4. The summed E-state index contributed by atoms with van der Waals surface area (Å²) in [6.07, 6.45) is 0.671. The second-order valence-electron chi connectivity index (χ2n) is 5.55. The summed E-state index contributed by atoms with van der Waals surface area (Å²) in [6, 6.07) is 0. The number of carbonyl (C=O) groups is 1. The van der Waals surface area contributed by atoms with Crippen LogP contribution in [0.2, 0.25) is 0 Å². The second-order valence-corrected chi connectivity index (χ2v) is 5.55. The van der Waals surface area contributed by atoms with Gasteiger partial charge in [-0.1, -0.05) is 20.8 Å². The minimum absolute atomic E-state index is 0.0966. The molecule has 1 aliphatic rings. The summed E-state index contributed by atoms with van der Waals surface area (Å²) in [6.45, 7) is 12.7. The lowest BCUT2D eigenvalue weighted by atomic mass is 10.2. The molecule has 1 rings (SSSR count). The van der Waals surface area contributed by atoms with Gasteiger partial charge in [0.05, 0.1) is 12.7 Å². The Morgan fingerprint density at radius 3 is 2.95 bits per heavy atom. The second kappa shape index (κ2) is 9.28. The lowest BCUT2D eigenvalue weighted by Gasteiger charge is -2.33. The zero-order valence-corrected chi connectivity index (χ0v) is 12.6. The van der Waals surface area contributed by atoms with E-state index in [1.54, 1.807) is 0 Å². The first-order chi connectivity index (χ1) is 9.11. The Labute approximate surface area is 117 Å². The highest BCUT2D eigenvalue weighted by atomic mass is 16.5. The van der Waals surface area contributed by atoms with Crippen LogP contribution in [0, 0.1) is 5.92 Å².